The zero-order valence-corrected chi connectivity index (χ0v) is 12.5. The van der Waals surface area contributed by atoms with Crippen LogP contribution in [0.3, 0.4) is 0 Å². The molecular formula is C16H23N3O2. The van der Waals surface area contributed by atoms with Gasteiger partial charge in [0.25, 0.3) is 5.91 Å². The molecule has 2 aliphatic rings. The molecule has 21 heavy (non-hydrogen) atoms. The molecule has 1 aromatic carbocycles. The highest BCUT2D eigenvalue weighted by molar-refractivity contribution is 5.94. The predicted molar refractivity (Wildman–Crippen MR) is 83.7 cm³/mol. The van der Waals surface area contributed by atoms with Crippen LogP contribution in [0.15, 0.2) is 24.3 Å². The van der Waals surface area contributed by atoms with E-state index in [0.29, 0.717) is 12.5 Å². The minimum absolute atomic E-state index is 0.0325. The highest BCUT2D eigenvalue weighted by atomic mass is 16.5. The van der Waals surface area contributed by atoms with Crippen molar-refractivity contribution in [2.45, 2.75) is 19.4 Å². The Hall–Kier alpha value is -1.59. The summed E-state index contributed by atoms with van der Waals surface area (Å²) in [5.41, 5.74) is 2.04. The Morgan fingerprint density at radius 3 is 2.62 bits per heavy atom. The van der Waals surface area contributed by atoms with Crippen molar-refractivity contribution < 1.29 is 9.53 Å². The number of benzene rings is 1. The number of nitrogens with one attached hydrogen (secondary N) is 2. The molecule has 1 amide bonds. The quantitative estimate of drug-likeness (QED) is 0.884. The third-order valence-electron chi connectivity index (χ3n) is 4.26. The third kappa shape index (κ3) is 3.36. The van der Waals surface area contributed by atoms with Gasteiger partial charge in [-0.1, -0.05) is 6.92 Å². The summed E-state index contributed by atoms with van der Waals surface area (Å²) in [4.78, 5) is 14.5. The van der Waals surface area contributed by atoms with Crippen molar-refractivity contribution in [1.82, 2.24) is 5.32 Å². The summed E-state index contributed by atoms with van der Waals surface area (Å²) in [6.45, 7) is 6.84. The number of amides is 1. The molecule has 2 atom stereocenters. The van der Waals surface area contributed by atoms with Crippen molar-refractivity contribution in [2.75, 3.05) is 43.0 Å². The lowest BCUT2D eigenvalue weighted by Crippen LogP contribution is -2.43. The molecule has 3 rings (SSSR count). The van der Waals surface area contributed by atoms with Crippen molar-refractivity contribution >= 4 is 17.3 Å². The van der Waals surface area contributed by atoms with Gasteiger partial charge in [0.2, 0.25) is 0 Å². The summed E-state index contributed by atoms with van der Waals surface area (Å²) in [5, 5.41) is 6.29. The maximum atomic E-state index is 12.2. The molecule has 0 bridgehead atoms. The minimum atomic E-state index is -0.308. The van der Waals surface area contributed by atoms with Crippen molar-refractivity contribution in [3.8, 4) is 0 Å². The van der Waals surface area contributed by atoms with Crippen LogP contribution in [0.2, 0.25) is 0 Å². The van der Waals surface area contributed by atoms with Gasteiger partial charge in [0.05, 0.1) is 0 Å². The van der Waals surface area contributed by atoms with Crippen molar-refractivity contribution in [1.29, 1.82) is 0 Å². The van der Waals surface area contributed by atoms with Crippen LogP contribution in [0.25, 0.3) is 0 Å². The third-order valence-corrected chi connectivity index (χ3v) is 4.26. The number of piperazine rings is 1. The number of ether oxygens (including phenoxy) is 1. The van der Waals surface area contributed by atoms with Gasteiger partial charge in [-0.2, -0.15) is 0 Å². The molecule has 0 radical (unpaired) electrons. The molecule has 2 heterocycles. The van der Waals surface area contributed by atoms with E-state index in [-0.39, 0.29) is 12.0 Å². The molecule has 2 fully saturated rings. The molecule has 0 spiro atoms. The van der Waals surface area contributed by atoms with Crippen molar-refractivity contribution in [3.05, 3.63) is 24.3 Å². The molecule has 5 nitrogen and oxygen atoms in total. The van der Waals surface area contributed by atoms with Gasteiger partial charge in [0.1, 0.15) is 6.10 Å². The monoisotopic (exact) mass is 289 g/mol. The molecule has 0 saturated carbocycles. The second-order valence-corrected chi connectivity index (χ2v) is 5.83. The van der Waals surface area contributed by atoms with E-state index in [9.17, 15) is 4.79 Å². The van der Waals surface area contributed by atoms with Gasteiger partial charge < -0.3 is 20.3 Å². The first-order chi connectivity index (χ1) is 10.2. The molecular weight excluding hydrogens is 266 g/mol. The average Bonchev–Trinajstić information content (AvgIpc) is 2.95. The van der Waals surface area contributed by atoms with E-state index in [1.54, 1.807) is 0 Å². The van der Waals surface area contributed by atoms with E-state index in [1.165, 1.54) is 5.69 Å². The maximum Gasteiger partial charge on any atom is 0.253 e. The Labute approximate surface area is 125 Å². The normalized spacial score (nSPS) is 25.9. The van der Waals surface area contributed by atoms with Crippen LogP contribution in [0, 0.1) is 5.92 Å². The lowest BCUT2D eigenvalue weighted by Gasteiger charge is -2.29. The summed E-state index contributed by atoms with van der Waals surface area (Å²) in [6, 6.07) is 8.07. The molecule has 0 aliphatic carbocycles. The van der Waals surface area contributed by atoms with Crippen LogP contribution >= 0.6 is 0 Å². The van der Waals surface area contributed by atoms with Gasteiger partial charge in [-0.15, -0.1) is 0 Å². The Morgan fingerprint density at radius 1 is 1.29 bits per heavy atom. The molecule has 5 heteroatoms. The van der Waals surface area contributed by atoms with E-state index < -0.39 is 0 Å². The van der Waals surface area contributed by atoms with Gasteiger partial charge in [0, 0.05) is 44.2 Å². The van der Waals surface area contributed by atoms with E-state index in [0.717, 1.165) is 38.3 Å². The van der Waals surface area contributed by atoms with Crippen LogP contribution in [-0.2, 0) is 9.53 Å². The number of anilines is 2. The lowest BCUT2D eigenvalue weighted by molar-refractivity contribution is -0.126. The first-order valence-electron chi connectivity index (χ1n) is 7.72. The fraction of sp³-hybridized carbons (Fsp3) is 0.562. The smallest absolute Gasteiger partial charge is 0.253 e. The first kappa shape index (κ1) is 14.4. The maximum absolute atomic E-state index is 12.2. The fourth-order valence-corrected chi connectivity index (χ4v) is 2.92. The predicted octanol–water partition coefficient (Wildman–Crippen LogP) is 1.46. The molecule has 2 aliphatic heterocycles. The van der Waals surface area contributed by atoms with E-state index >= 15 is 0 Å². The summed E-state index contributed by atoms with van der Waals surface area (Å²) in [6.07, 6.45) is 0.651. The van der Waals surface area contributed by atoms with Crippen LogP contribution in [0.1, 0.15) is 13.3 Å². The second kappa shape index (κ2) is 6.45. The summed E-state index contributed by atoms with van der Waals surface area (Å²) in [5.74, 6) is 0.264. The number of rotatable bonds is 3. The van der Waals surface area contributed by atoms with Crippen molar-refractivity contribution in [2.24, 2.45) is 5.92 Å². The van der Waals surface area contributed by atoms with Gasteiger partial charge in [0.15, 0.2) is 0 Å². The Morgan fingerprint density at radius 2 is 2.00 bits per heavy atom. The SMILES string of the molecule is CC1CCOC1C(=O)Nc1ccc(N2CCNCC2)cc1. The molecule has 1 aromatic rings. The number of carbonyl (C=O) groups excluding carboxylic acids is 1. The molecule has 0 aromatic heterocycles. The summed E-state index contributed by atoms with van der Waals surface area (Å²) < 4.78 is 5.49. The largest absolute Gasteiger partial charge is 0.369 e. The number of nitrogens with zero attached hydrogens (tertiary/aromatic N) is 1. The number of hydrogen-bond donors (Lipinski definition) is 2. The lowest BCUT2D eigenvalue weighted by atomic mass is 10.0. The highest BCUT2D eigenvalue weighted by Crippen LogP contribution is 2.23. The van der Waals surface area contributed by atoms with Crippen LogP contribution < -0.4 is 15.5 Å². The van der Waals surface area contributed by atoms with E-state index in [4.69, 9.17) is 4.74 Å². The average molecular weight is 289 g/mol. The standard InChI is InChI=1S/C16H23N3O2/c1-12-6-11-21-15(12)16(20)18-13-2-4-14(5-3-13)19-9-7-17-8-10-19/h2-5,12,15,17H,6-11H2,1H3,(H,18,20). The number of hydrogen-bond acceptors (Lipinski definition) is 4. The molecule has 2 unspecified atom stereocenters. The number of carbonyl (C=O) groups is 1. The van der Waals surface area contributed by atoms with Gasteiger partial charge in [-0.3, -0.25) is 4.79 Å². The topological polar surface area (TPSA) is 53.6 Å². The van der Waals surface area contributed by atoms with Crippen LogP contribution in [0.4, 0.5) is 11.4 Å². The molecule has 114 valence electrons. The second-order valence-electron chi connectivity index (χ2n) is 5.83. The van der Waals surface area contributed by atoms with Gasteiger partial charge in [-0.05, 0) is 36.6 Å². The zero-order valence-electron chi connectivity index (χ0n) is 12.5. The summed E-state index contributed by atoms with van der Waals surface area (Å²) in [7, 11) is 0. The summed E-state index contributed by atoms with van der Waals surface area (Å²) >= 11 is 0. The molecule has 2 N–H and O–H groups in total. The highest BCUT2D eigenvalue weighted by Gasteiger charge is 2.30. The Balaban J connectivity index is 1.60. The van der Waals surface area contributed by atoms with Crippen LogP contribution in [0.5, 0.6) is 0 Å². The minimum Gasteiger partial charge on any atom is -0.369 e. The van der Waals surface area contributed by atoms with E-state index in [1.807, 2.05) is 12.1 Å². The molecule has 2 saturated heterocycles. The van der Waals surface area contributed by atoms with Crippen molar-refractivity contribution in [3.63, 3.8) is 0 Å². The van der Waals surface area contributed by atoms with Gasteiger partial charge in [-0.25, -0.2) is 0 Å². The van der Waals surface area contributed by atoms with Gasteiger partial charge >= 0.3 is 0 Å². The fourth-order valence-electron chi connectivity index (χ4n) is 2.92. The zero-order chi connectivity index (χ0) is 14.7. The first-order valence-corrected chi connectivity index (χ1v) is 7.72. The Kier molecular flexibility index (Phi) is 4.41. The van der Waals surface area contributed by atoms with Crippen LogP contribution in [-0.4, -0.2) is 44.8 Å². The Bertz CT molecular complexity index is 483. The van der Waals surface area contributed by atoms with E-state index in [2.05, 4.69) is 34.6 Å².